The zero-order chi connectivity index (χ0) is 9.52. The number of carbonyl (C=O) groups is 1. The molecule has 1 rings (SSSR count). The van der Waals surface area contributed by atoms with Crippen LogP contribution in [0.4, 0.5) is 0 Å². The Hall–Kier alpha value is -0.570. The predicted octanol–water partition coefficient (Wildman–Crippen LogP) is 0.997. The smallest absolute Gasteiger partial charge is 0.207 e. The summed E-state index contributed by atoms with van der Waals surface area (Å²) >= 11 is 0. The lowest BCUT2D eigenvalue weighted by atomic mass is 10.1. The molecule has 3 nitrogen and oxygen atoms in total. The third-order valence-electron chi connectivity index (χ3n) is 2.60. The van der Waals surface area contributed by atoms with Crippen molar-refractivity contribution in [3.8, 4) is 0 Å². The van der Waals surface area contributed by atoms with E-state index in [1.807, 2.05) is 0 Å². The van der Waals surface area contributed by atoms with Crippen LogP contribution in [0.25, 0.3) is 0 Å². The number of rotatable bonds is 4. The maximum Gasteiger partial charge on any atom is 0.207 e. The lowest BCUT2D eigenvalue weighted by Gasteiger charge is -2.22. The number of nitrogens with zero attached hydrogens (tertiary/aromatic N) is 1. The molecule has 1 aliphatic heterocycles. The van der Waals surface area contributed by atoms with E-state index in [0.29, 0.717) is 6.04 Å². The molecule has 0 bridgehead atoms. The SMILES string of the molecule is CCCN1CCCCC(NC=O)C1. The van der Waals surface area contributed by atoms with Gasteiger partial charge in [0.1, 0.15) is 0 Å². The van der Waals surface area contributed by atoms with E-state index in [1.54, 1.807) is 0 Å². The minimum absolute atomic E-state index is 0.381. The van der Waals surface area contributed by atoms with Crippen molar-refractivity contribution in [1.82, 2.24) is 10.2 Å². The normalized spacial score (nSPS) is 25.2. The molecule has 0 radical (unpaired) electrons. The molecule has 1 fully saturated rings. The third kappa shape index (κ3) is 3.77. The zero-order valence-corrected chi connectivity index (χ0v) is 8.46. The molecule has 1 aliphatic rings. The lowest BCUT2D eigenvalue weighted by Crippen LogP contribution is -2.39. The predicted molar refractivity (Wildman–Crippen MR) is 53.6 cm³/mol. The van der Waals surface area contributed by atoms with Crippen LogP contribution in [0.3, 0.4) is 0 Å². The molecule has 0 aromatic heterocycles. The second-order valence-corrected chi connectivity index (χ2v) is 3.78. The van der Waals surface area contributed by atoms with Crippen molar-refractivity contribution < 1.29 is 4.79 Å². The van der Waals surface area contributed by atoms with Gasteiger partial charge in [-0.05, 0) is 32.4 Å². The molecule has 0 aliphatic carbocycles. The van der Waals surface area contributed by atoms with Gasteiger partial charge in [-0.1, -0.05) is 13.3 Å². The first-order chi connectivity index (χ1) is 6.36. The first-order valence-electron chi connectivity index (χ1n) is 5.29. The highest BCUT2D eigenvalue weighted by Crippen LogP contribution is 2.10. The molecular weight excluding hydrogens is 164 g/mol. The van der Waals surface area contributed by atoms with E-state index in [1.165, 1.54) is 25.8 Å². The van der Waals surface area contributed by atoms with E-state index >= 15 is 0 Å². The van der Waals surface area contributed by atoms with Crippen LogP contribution in [-0.2, 0) is 4.79 Å². The molecule has 1 unspecified atom stereocenters. The largest absolute Gasteiger partial charge is 0.355 e. The van der Waals surface area contributed by atoms with Gasteiger partial charge in [0, 0.05) is 12.6 Å². The van der Waals surface area contributed by atoms with Gasteiger partial charge < -0.3 is 10.2 Å². The minimum atomic E-state index is 0.381. The van der Waals surface area contributed by atoms with Gasteiger partial charge in [0.05, 0.1) is 0 Å². The Balaban J connectivity index is 2.34. The molecule has 0 aromatic rings. The van der Waals surface area contributed by atoms with Crippen molar-refractivity contribution in [2.45, 2.75) is 38.6 Å². The average molecular weight is 184 g/mol. The topological polar surface area (TPSA) is 32.3 Å². The van der Waals surface area contributed by atoms with E-state index in [9.17, 15) is 4.79 Å². The molecule has 1 saturated heterocycles. The van der Waals surface area contributed by atoms with Crippen molar-refractivity contribution >= 4 is 6.41 Å². The molecule has 0 aromatic carbocycles. The number of nitrogens with one attached hydrogen (secondary N) is 1. The molecular formula is C10H20N2O. The molecule has 0 spiro atoms. The average Bonchev–Trinajstić information content (AvgIpc) is 2.32. The Kier molecular flexibility index (Phi) is 4.83. The van der Waals surface area contributed by atoms with Gasteiger partial charge in [-0.15, -0.1) is 0 Å². The van der Waals surface area contributed by atoms with Gasteiger partial charge in [0.2, 0.25) is 6.41 Å². The van der Waals surface area contributed by atoms with Crippen LogP contribution >= 0.6 is 0 Å². The Morgan fingerprint density at radius 3 is 3.08 bits per heavy atom. The van der Waals surface area contributed by atoms with Gasteiger partial charge in [-0.25, -0.2) is 0 Å². The zero-order valence-electron chi connectivity index (χ0n) is 8.46. The second-order valence-electron chi connectivity index (χ2n) is 3.78. The third-order valence-corrected chi connectivity index (χ3v) is 2.60. The number of amides is 1. The van der Waals surface area contributed by atoms with Crippen molar-refractivity contribution in [3.05, 3.63) is 0 Å². The van der Waals surface area contributed by atoms with Gasteiger partial charge in [0.25, 0.3) is 0 Å². The number of hydrogen-bond acceptors (Lipinski definition) is 2. The minimum Gasteiger partial charge on any atom is -0.355 e. The number of likely N-dealkylation sites (tertiary alicyclic amines) is 1. The molecule has 76 valence electrons. The first kappa shape index (κ1) is 10.5. The Morgan fingerprint density at radius 2 is 2.38 bits per heavy atom. The van der Waals surface area contributed by atoms with Crippen LogP contribution in [0.1, 0.15) is 32.6 Å². The van der Waals surface area contributed by atoms with Gasteiger partial charge in [-0.2, -0.15) is 0 Å². The maximum atomic E-state index is 10.3. The van der Waals surface area contributed by atoms with Crippen molar-refractivity contribution in [2.75, 3.05) is 19.6 Å². The Bertz CT molecular complexity index is 150. The quantitative estimate of drug-likeness (QED) is 0.661. The summed E-state index contributed by atoms with van der Waals surface area (Å²) in [6.07, 6.45) is 5.69. The fourth-order valence-electron chi connectivity index (χ4n) is 1.97. The summed E-state index contributed by atoms with van der Waals surface area (Å²) in [4.78, 5) is 12.8. The summed E-state index contributed by atoms with van der Waals surface area (Å²) in [6.45, 7) is 5.60. The molecule has 13 heavy (non-hydrogen) atoms. The first-order valence-corrected chi connectivity index (χ1v) is 5.29. The summed E-state index contributed by atoms with van der Waals surface area (Å²) in [7, 11) is 0. The van der Waals surface area contributed by atoms with Crippen LogP contribution < -0.4 is 5.32 Å². The summed E-state index contributed by atoms with van der Waals surface area (Å²) in [5, 5.41) is 2.89. The van der Waals surface area contributed by atoms with Gasteiger partial charge in [-0.3, -0.25) is 4.79 Å². The molecule has 1 atom stereocenters. The van der Waals surface area contributed by atoms with Crippen molar-refractivity contribution in [3.63, 3.8) is 0 Å². The van der Waals surface area contributed by atoms with E-state index in [-0.39, 0.29) is 0 Å². The maximum absolute atomic E-state index is 10.3. The Labute approximate surface area is 80.5 Å². The molecule has 3 heteroatoms. The van der Waals surface area contributed by atoms with Crippen LogP contribution in [0, 0.1) is 0 Å². The molecule has 1 heterocycles. The number of carbonyl (C=O) groups excluding carboxylic acids is 1. The van der Waals surface area contributed by atoms with Gasteiger partial charge in [0.15, 0.2) is 0 Å². The molecule has 0 saturated carbocycles. The van der Waals surface area contributed by atoms with Crippen LogP contribution in [-0.4, -0.2) is 37.0 Å². The fourth-order valence-corrected chi connectivity index (χ4v) is 1.97. The number of hydrogen-bond donors (Lipinski definition) is 1. The highest BCUT2D eigenvalue weighted by molar-refractivity contribution is 5.46. The Morgan fingerprint density at radius 1 is 1.54 bits per heavy atom. The van der Waals surface area contributed by atoms with E-state index < -0.39 is 0 Å². The lowest BCUT2D eigenvalue weighted by molar-refractivity contribution is -0.110. The summed E-state index contributed by atoms with van der Waals surface area (Å²) in [5.74, 6) is 0. The summed E-state index contributed by atoms with van der Waals surface area (Å²) in [6, 6.07) is 0.381. The van der Waals surface area contributed by atoms with Crippen molar-refractivity contribution in [1.29, 1.82) is 0 Å². The molecule has 1 N–H and O–H groups in total. The fraction of sp³-hybridized carbons (Fsp3) is 0.900. The molecule has 1 amide bonds. The summed E-state index contributed by atoms with van der Waals surface area (Å²) < 4.78 is 0. The van der Waals surface area contributed by atoms with Crippen LogP contribution in [0.5, 0.6) is 0 Å². The monoisotopic (exact) mass is 184 g/mol. The standard InChI is InChI=1S/C10H20N2O/c1-2-6-12-7-4-3-5-10(8-12)11-9-13/h9-10H,2-8H2,1H3,(H,11,13). The van der Waals surface area contributed by atoms with E-state index in [2.05, 4.69) is 17.1 Å². The van der Waals surface area contributed by atoms with Gasteiger partial charge >= 0.3 is 0 Å². The van der Waals surface area contributed by atoms with E-state index in [4.69, 9.17) is 0 Å². The van der Waals surface area contributed by atoms with Crippen molar-refractivity contribution in [2.24, 2.45) is 0 Å². The highest BCUT2D eigenvalue weighted by Gasteiger charge is 2.16. The second kappa shape index (κ2) is 5.97. The van der Waals surface area contributed by atoms with E-state index in [0.717, 1.165) is 25.9 Å². The van der Waals surface area contributed by atoms with Crippen LogP contribution in [0.15, 0.2) is 0 Å². The summed E-state index contributed by atoms with van der Waals surface area (Å²) in [5.41, 5.74) is 0. The van der Waals surface area contributed by atoms with Crippen LogP contribution in [0.2, 0.25) is 0 Å². The highest BCUT2D eigenvalue weighted by atomic mass is 16.1.